The minimum atomic E-state index is -3.79. The van der Waals surface area contributed by atoms with Crippen molar-refractivity contribution in [2.75, 3.05) is 0 Å². The predicted octanol–water partition coefficient (Wildman–Crippen LogP) is 5.07. The highest BCUT2D eigenvalue weighted by atomic mass is 35.7. The van der Waals surface area contributed by atoms with E-state index in [1.54, 1.807) is 18.2 Å². The first-order chi connectivity index (χ1) is 9.95. The summed E-state index contributed by atoms with van der Waals surface area (Å²) in [5.41, 5.74) is 0.993. The Bertz CT molecular complexity index is 897. The lowest BCUT2D eigenvalue weighted by Gasteiger charge is -2.02. The van der Waals surface area contributed by atoms with Crippen LogP contribution in [-0.2, 0) is 15.5 Å². The zero-order chi connectivity index (χ0) is 15.0. The molecule has 0 spiro atoms. The van der Waals surface area contributed by atoms with Gasteiger partial charge in [0.15, 0.2) is 0 Å². The maximum absolute atomic E-state index is 11.9. The van der Waals surface area contributed by atoms with Gasteiger partial charge in [-0.15, -0.1) is 11.3 Å². The first-order valence-corrected chi connectivity index (χ1v) is 9.65. The van der Waals surface area contributed by atoms with Crippen molar-refractivity contribution in [3.63, 3.8) is 0 Å². The summed E-state index contributed by atoms with van der Waals surface area (Å²) in [7, 11) is 1.84. The van der Waals surface area contributed by atoms with Gasteiger partial charge < -0.3 is 0 Å². The molecule has 2 nitrogen and oxygen atoms in total. The van der Waals surface area contributed by atoms with Crippen molar-refractivity contribution in [1.82, 2.24) is 0 Å². The van der Waals surface area contributed by atoms with Crippen LogP contribution in [0, 0.1) is 0 Å². The van der Waals surface area contributed by atoms with E-state index in [9.17, 15) is 8.42 Å². The molecular formula is C15H10Cl2O2S2. The van der Waals surface area contributed by atoms with Crippen LogP contribution in [0.5, 0.6) is 0 Å². The third-order valence-corrected chi connectivity index (χ3v) is 6.11. The number of benzene rings is 2. The van der Waals surface area contributed by atoms with E-state index in [4.69, 9.17) is 22.3 Å². The number of halogens is 2. The average Bonchev–Trinajstić information content (AvgIpc) is 2.79. The molecule has 3 aromatic rings. The number of thiophene rings is 1. The van der Waals surface area contributed by atoms with E-state index in [0.717, 1.165) is 15.1 Å². The van der Waals surface area contributed by atoms with Gasteiger partial charge in [0, 0.05) is 37.1 Å². The molecule has 1 aromatic heterocycles. The lowest BCUT2D eigenvalue weighted by atomic mass is 10.1. The fourth-order valence-corrected chi connectivity index (χ4v) is 5.47. The number of rotatable bonds is 3. The van der Waals surface area contributed by atoms with E-state index in [0.29, 0.717) is 16.8 Å². The summed E-state index contributed by atoms with van der Waals surface area (Å²) in [5, 5.41) is 1.33. The quantitative estimate of drug-likeness (QED) is 0.613. The fraction of sp³-hybridized carbons (Fsp3) is 0.0667. The molecule has 0 saturated heterocycles. The molecule has 0 unspecified atom stereocenters. The Labute approximate surface area is 136 Å². The second-order valence-electron chi connectivity index (χ2n) is 4.59. The summed E-state index contributed by atoms with van der Waals surface area (Å²) in [6, 6.07) is 14.7. The standard InChI is InChI=1S/C15H10Cl2O2S2/c16-11-7-5-10(6-8-11)9-14-15(21(17,18)19)12-3-1-2-4-13(12)20-14/h1-8H,9H2. The lowest BCUT2D eigenvalue weighted by Crippen LogP contribution is -1.95. The van der Waals surface area contributed by atoms with Crippen LogP contribution in [0.4, 0.5) is 0 Å². The SMILES string of the molecule is O=S(=O)(Cl)c1c(Cc2ccc(Cl)cc2)sc2ccccc12. The summed E-state index contributed by atoms with van der Waals surface area (Å²) in [4.78, 5) is 0.966. The molecule has 0 aliphatic rings. The van der Waals surface area contributed by atoms with E-state index < -0.39 is 9.05 Å². The van der Waals surface area contributed by atoms with Crippen LogP contribution in [0.2, 0.25) is 5.02 Å². The zero-order valence-corrected chi connectivity index (χ0v) is 13.9. The van der Waals surface area contributed by atoms with Gasteiger partial charge in [-0.1, -0.05) is 41.9 Å². The molecule has 3 rings (SSSR count). The average molecular weight is 357 g/mol. The van der Waals surface area contributed by atoms with Gasteiger partial charge in [0.2, 0.25) is 0 Å². The first-order valence-electron chi connectivity index (χ1n) is 6.14. The maximum Gasteiger partial charge on any atom is 0.263 e. The topological polar surface area (TPSA) is 34.1 Å². The third-order valence-electron chi connectivity index (χ3n) is 3.14. The molecule has 0 aliphatic heterocycles. The number of fused-ring (bicyclic) bond motifs is 1. The zero-order valence-electron chi connectivity index (χ0n) is 10.7. The normalized spacial score (nSPS) is 11.9. The van der Waals surface area contributed by atoms with Gasteiger partial charge in [0.25, 0.3) is 9.05 Å². The molecule has 1 heterocycles. The van der Waals surface area contributed by atoms with Gasteiger partial charge in [-0.3, -0.25) is 0 Å². The van der Waals surface area contributed by atoms with Gasteiger partial charge in [-0.2, -0.15) is 0 Å². The van der Waals surface area contributed by atoms with E-state index in [1.807, 2.05) is 30.3 Å². The van der Waals surface area contributed by atoms with E-state index >= 15 is 0 Å². The lowest BCUT2D eigenvalue weighted by molar-refractivity contribution is 0.610. The predicted molar refractivity (Wildman–Crippen MR) is 89.1 cm³/mol. The van der Waals surface area contributed by atoms with Crippen LogP contribution in [0.1, 0.15) is 10.4 Å². The monoisotopic (exact) mass is 356 g/mol. The van der Waals surface area contributed by atoms with Gasteiger partial charge in [-0.05, 0) is 23.8 Å². The van der Waals surface area contributed by atoms with Crippen molar-refractivity contribution < 1.29 is 8.42 Å². The van der Waals surface area contributed by atoms with Gasteiger partial charge in [0.05, 0.1) is 0 Å². The molecular weight excluding hydrogens is 347 g/mol. The maximum atomic E-state index is 11.9. The van der Waals surface area contributed by atoms with Crippen molar-refractivity contribution in [2.45, 2.75) is 11.3 Å². The molecule has 0 aliphatic carbocycles. The third kappa shape index (κ3) is 3.09. The highest BCUT2D eigenvalue weighted by Crippen LogP contribution is 2.37. The Balaban J connectivity index is 2.15. The van der Waals surface area contributed by atoms with Crippen molar-refractivity contribution in [1.29, 1.82) is 0 Å². The molecule has 108 valence electrons. The van der Waals surface area contributed by atoms with Crippen molar-refractivity contribution in [2.24, 2.45) is 0 Å². The van der Waals surface area contributed by atoms with Crippen molar-refractivity contribution in [3.05, 3.63) is 64.0 Å². The van der Waals surface area contributed by atoms with Gasteiger partial charge >= 0.3 is 0 Å². The van der Waals surface area contributed by atoms with E-state index in [2.05, 4.69) is 0 Å². The Morgan fingerprint density at radius 2 is 1.67 bits per heavy atom. The van der Waals surface area contributed by atoms with E-state index in [-0.39, 0.29) is 4.90 Å². The minimum Gasteiger partial charge on any atom is -0.207 e. The van der Waals surface area contributed by atoms with Crippen LogP contribution < -0.4 is 0 Å². The molecule has 0 N–H and O–H groups in total. The van der Waals surface area contributed by atoms with Crippen LogP contribution in [-0.4, -0.2) is 8.42 Å². The van der Waals surface area contributed by atoms with Crippen LogP contribution in [0.15, 0.2) is 53.4 Å². The molecule has 0 atom stereocenters. The summed E-state index contributed by atoms with van der Waals surface area (Å²) in [6.45, 7) is 0. The number of hydrogen-bond acceptors (Lipinski definition) is 3. The fourth-order valence-electron chi connectivity index (χ4n) is 2.24. The Kier molecular flexibility index (Phi) is 3.97. The molecule has 6 heteroatoms. The molecule has 0 saturated carbocycles. The summed E-state index contributed by atoms with van der Waals surface area (Å²) in [5.74, 6) is 0. The second-order valence-corrected chi connectivity index (χ2v) is 8.67. The summed E-state index contributed by atoms with van der Waals surface area (Å²) < 4.78 is 24.8. The Morgan fingerprint density at radius 1 is 1.00 bits per heavy atom. The summed E-state index contributed by atoms with van der Waals surface area (Å²) in [6.07, 6.45) is 0.512. The van der Waals surface area contributed by atoms with Crippen LogP contribution >= 0.6 is 33.6 Å². The van der Waals surface area contributed by atoms with E-state index in [1.165, 1.54) is 11.3 Å². The molecule has 0 bridgehead atoms. The second kappa shape index (κ2) is 5.61. The Hall–Kier alpha value is -1.07. The molecule has 0 fully saturated rings. The number of hydrogen-bond donors (Lipinski definition) is 0. The molecule has 0 amide bonds. The largest absolute Gasteiger partial charge is 0.263 e. The van der Waals surface area contributed by atoms with Crippen molar-refractivity contribution in [3.8, 4) is 0 Å². The molecule has 2 aromatic carbocycles. The first kappa shape index (κ1) is 14.9. The highest BCUT2D eigenvalue weighted by Gasteiger charge is 2.22. The molecule has 21 heavy (non-hydrogen) atoms. The van der Waals surface area contributed by atoms with Crippen LogP contribution in [0.3, 0.4) is 0 Å². The smallest absolute Gasteiger partial charge is 0.207 e. The Morgan fingerprint density at radius 3 is 2.33 bits per heavy atom. The summed E-state index contributed by atoms with van der Waals surface area (Å²) >= 11 is 7.32. The van der Waals surface area contributed by atoms with Gasteiger partial charge in [-0.25, -0.2) is 8.42 Å². The minimum absolute atomic E-state index is 0.222. The van der Waals surface area contributed by atoms with Crippen molar-refractivity contribution >= 4 is 52.8 Å². The van der Waals surface area contributed by atoms with Crippen LogP contribution in [0.25, 0.3) is 10.1 Å². The molecule has 0 radical (unpaired) electrons. The van der Waals surface area contributed by atoms with Gasteiger partial charge in [0.1, 0.15) is 4.90 Å². The highest BCUT2D eigenvalue weighted by molar-refractivity contribution is 8.14.